The van der Waals surface area contributed by atoms with Gasteiger partial charge in [-0.3, -0.25) is 0 Å². The molecular weight excluding hydrogens is 485 g/mol. The highest BCUT2D eigenvalue weighted by atomic mass is 32.2. The number of nitrogens with one attached hydrogen (secondary N) is 1. The van der Waals surface area contributed by atoms with Crippen molar-refractivity contribution in [1.29, 1.82) is 0 Å². The fourth-order valence-corrected chi connectivity index (χ4v) is 5.71. The molecule has 0 amide bonds. The molecule has 3 heterocycles. The Morgan fingerprint density at radius 1 is 1.23 bits per heavy atom. The van der Waals surface area contributed by atoms with Gasteiger partial charge >= 0.3 is 6.18 Å². The van der Waals surface area contributed by atoms with Gasteiger partial charge < -0.3 is 15.3 Å². The van der Waals surface area contributed by atoms with E-state index in [0.717, 1.165) is 12.1 Å². The molecule has 9 nitrogen and oxygen atoms in total. The van der Waals surface area contributed by atoms with Gasteiger partial charge in [-0.15, -0.1) is 0 Å². The van der Waals surface area contributed by atoms with Crippen LogP contribution in [0.25, 0.3) is 16.7 Å². The summed E-state index contributed by atoms with van der Waals surface area (Å²) in [6.07, 6.45) is -0.428. The lowest BCUT2D eigenvalue weighted by atomic mass is 9.92. The number of benzene rings is 1. The molecular formula is C22H25F3N6O3S. The molecule has 1 aromatic carbocycles. The van der Waals surface area contributed by atoms with Crippen LogP contribution in [-0.2, 0) is 16.0 Å². The number of hydrogen-bond acceptors (Lipinski definition) is 8. The Labute approximate surface area is 199 Å². The van der Waals surface area contributed by atoms with E-state index in [-0.39, 0.29) is 17.7 Å². The lowest BCUT2D eigenvalue weighted by Crippen LogP contribution is -2.43. The highest BCUT2D eigenvalue weighted by molar-refractivity contribution is 7.91. The van der Waals surface area contributed by atoms with Crippen LogP contribution < -0.4 is 10.2 Å². The van der Waals surface area contributed by atoms with Crippen LogP contribution in [0.3, 0.4) is 0 Å². The van der Waals surface area contributed by atoms with Crippen LogP contribution in [-0.4, -0.2) is 69.5 Å². The van der Waals surface area contributed by atoms with Crippen molar-refractivity contribution in [2.24, 2.45) is 0 Å². The molecule has 2 fully saturated rings. The Morgan fingerprint density at radius 2 is 1.97 bits per heavy atom. The Bertz CT molecular complexity index is 1380. The standard InChI is InChI=1S/C22H25F3N6O3S/c1-21(32)6-7-30(12-21)18-17-11-26-31(15-5-3-4-13(8-15)22(23,24)25)19(17)29-20(28-18)27-14-9-16(10-14)35(2,33)34/h3-5,8,11,14,16,32H,6-7,9-10,12H2,1-2H3,(H,27,28,29)/t14-,16-,21-/m1/s1. The van der Waals surface area contributed by atoms with Crippen molar-refractivity contribution in [3.63, 3.8) is 0 Å². The third kappa shape index (κ3) is 4.66. The smallest absolute Gasteiger partial charge is 0.388 e. The molecule has 1 aliphatic heterocycles. The summed E-state index contributed by atoms with van der Waals surface area (Å²) in [5.74, 6) is 0.734. The van der Waals surface area contributed by atoms with Crippen LogP contribution in [0.5, 0.6) is 0 Å². The SMILES string of the molecule is C[C@@]1(O)CCN(c2nc(N[C@H]3C[C@H](S(C)(=O)=O)C3)nc3c2cnn3-c2cccc(C(F)(F)F)c2)C1. The maximum Gasteiger partial charge on any atom is 0.416 e. The van der Waals surface area contributed by atoms with Crippen molar-refractivity contribution in [2.45, 2.75) is 49.3 Å². The Kier molecular flexibility index (Phi) is 5.47. The van der Waals surface area contributed by atoms with Gasteiger partial charge in [-0.2, -0.15) is 28.2 Å². The van der Waals surface area contributed by atoms with Gasteiger partial charge in [0.2, 0.25) is 5.95 Å². The van der Waals surface area contributed by atoms with Crippen molar-refractivity contribution in [1.82, 2.24) is 19.7 Å². The van der Waals surface area contributed by atoms with E-state index >= 15 is 0 Å². The molecule has 188 valence electrons. The third-order valence-corrected chi connectivity index (χ3v) is 8.21. The maximum atomic E-state index is 13.3. The highest BCUT2D eigenvalue weighted by Crippen LogP contribution is 2.35. The van der Waals surface area contributed by atoms with Crippen LogP contribution in [0.4, 0.5) is 24.9 Å². The first-order valence-corrected chi connectivity index (χ1v) is 13.1. The average Bonchev–Trinajstić information content (AvgIpc) is 3.31. The third-order valence-electron chi connectivity index (χ3n) is 6.61. The lowest BCUT2D eigenvalue weighted by molar-refractivity contribution is -0.137. The first kappa shape index (κ1) is 23.8. The van der Waals surface area contributed by atoms with Gasteiger partial charge in [-0.05, 0) is 44.4 Å². The topological polar surface area (TPSA) is 113 Å². The second-order valence-electron chi connectivity index (χ2n) is 9.65. The Balaban J connectivity index is 1.55. The van der Waals surface area contributed by atoms with E-state index in [1.807, 2.05) is 4.90 Å². The molecule has 0 spiro atoms. The number of sulfone groups is 1. The Morgan fingerprint density at radius 3 is 2.60 bits per heavy atom. The second kappa shape index (κ2) is 8.05. The molecule has 2 aliphatic rings. The summed E-state index contributed by atoms with van der Waals surface area (Å²) >= 11 is 0. The zero-order valence-corrected chi connectivity index (χ0v) is 19.9. The van der Waals surface area contributed by atoms with E-state index in [4.69, 9.17) is 0 Å². The van der Waals surface area contributed by atoms with Crippen molar-refractivity contribution >= 4 is 32.6 Å². The van der Waals surface area contributed by atoms with E-state index in [0.29, 0.717) is 49.2 Å². The summed E-state index contributed by atoms with van der Waals surface area (Å²) in [7, 11) is -3.13. The number of anilines is 2. The number of aliphatic hydroxyl groups is 1. The predicted molar refractivity (Wildman–Crippen MR) is 124 cm³/mol. The summed E-state index contributed by atoms with van der Waals surface area (Å²) in [4.78, 5) is 11.1. The minimum absolute atomic E-state index is 0.147. The summed E-state index contributed by atoms with van der Waals surface area (Å²) < 4.78 is 64.7. The Hall–Kier alpha value is -2.93. The van der Waals surface area contributed by atoms with Crippen LogP contribution in [0.1, 0.15) is 31.7 Å². The van der Waals surface area contributed by atoms with Gasteiger partial charge in [0.1, 0.15) is 15.7 Å². The molecule has 2 N–H and O–H groups in total. The number of nitrogens with zero attached hydrogens (tertiary/aromatic N) is 5. The minimum atomic E-state index is -4.51. The molecule has 1 atom stereocenters. The van der Waals surface area contributed by atoms with Crippen molar-refractivity contribution in [2.75, 3.05) is 29.6 Å². The summed E-state index contributed by atoms with van der Waals surface area (Å²) in [6, 6.07) is 4.67. The number of β-amino-alcohol motifs (C(OH)–C–C–N with tert-alkyl or cyclic N) is 1. The number of hydrogen-bond donors (Lipinski definition) is 2. The molecule has 1 saturated heterocycles. The molecule has 0 radical (unpaired) electrons. The summed E-state index contributed by atoms with van der Waals surface area (Å²) in [6.45, 7) is 2.59. The molecule has 0 unspecified atom stereocenters. The van der Waals surface area contributed by atoms with Gasteiger partial charge in [0.25, 0.3) is 0 Å². The molecule has 3 aromatic rings. The van der Waals surface area contributed by atoms with Crippen LogP contribution >= 0.6 is 0 Å². The monoisotopic (exact) mass is 510 g/mol. The number of halogens is 3. The molecule has 1 saturated carbocycles. The van der Waals surface area contributed by atoms with Crippen molar-refractivity contribution in [3.8, 4) is 5.69 Å². The molecule has 5 rings (SSSR count). The number of rotatable bonds is 5. The number of alkyl halides is 3. The molecule has 2 aromatic heterocycles. The zero-order valence-electron chi connectivity index (χ0n) is 19.1. The summed E-state index contributed by atoms with van der Waals surface area (Å²) in [5.41, 5.74) is -1.20. The van der Waals surface area contributed by atoms with Gasteiger partial charge in [-0.25, -0.2) is 13.1 Å². The molecule has 35 heavy (non-hydrogen) atoms. The average molecular weight is 511 g/mol. The zero-order chi connectivity index (χ0) is 25.2. The van der Waals surface area contributed by atoms with E-state index in [1.165, 1.54) is 29.3 Å². The van der Waals surface area contributed by atoms with Crippen LogP contribution in [0.2, 0.25) is 0 Å². The van der Waals surface area contributed by atoms with Crippen molar-refractivity contribution < 1.29 is 26.7 Å². The minimum Gasteiger partial charge on any atom is -0.388 e. The maximum absolute atomic E-state index is 13.3. The van der Waals surface area contributed by atoms with Gasteiger partial charge in [0.05, 0.1) is 33.7 Å². The lowest BCUT2D eigenvalue weighted by Gasteiger charge is -2.34. The summed E-state index contributed by atoms with van der Waals surface area (Å²) in [5, 5.41) is 18.1. The first-order valence-electron chi connectivity index (χ1n) is 11.2. The van der Waals surface area contributed by atoms with Gasteiger partial charge in [0, 0.05) is 25.4 Å². The normalized spacial score (nSPS) is 25.1. The highest BCUT2D eigenvalue weighted by Gasteiger charge is 2.38. The van der Waals surface area contributed by atoms with E-state index < -0.39 is 32.4 Å². The van der Waals surface area contributed by atoms with Gasteiger partial charge in [-0.1, -0.05) is 6.07 Å². The van der Waals surface area contributed by atoms with E-state index in [1.54, 1.807) is 6.92 Å². The first-order chi connectivity index (χ1) is 16.3. The van der Waals surface area contributed by atoms with E-state index in [2.05, 4.69) is 20.4 Å². The molecule has 1 aliphatic carbocycles. The molecule has 13 heteroatoms. The van der Waals surface area contributed by atoms with Gasteiger partial charge in [0.15, 0.2) is 5.65 Å². The van der Waals surface area contributed by atoms with Crippen LogP contribution in [0.15, 0.2) is 30.5 Å². The fraction of sp³-hybridized carbons (Fsp3) is 0.500. The largest absolute Gasteiger partial charge is 0.416 e. The number of aromatic nitrogens is 4. The fourth-order valence-electron chi connectivity index (χ4n) is 4.54. The second-order valence-corrected chi connectivity index (χ2v) is 12.0. The predicted octanol–water partition coefficient (Wildman–Crippen LogP) is 2.78. The number of fused-ring (bicyclic) bond motifs is 1. The van der Waals surface area contributed by atoms with Crippen LogP contribution in [0, 0.1) is 0 Å². The molecule has 0 bridgehead atoms. The van der Waals surface area contributed by atoms with E-state index in [9.17, 15) is 26.7 Å². The quantitative estimate of drug-likeness (QED) is 0.539. The van der Waals surface area contributed by atoms with Crippen molar-refractivity contribution in [3.05, 3.63) is 36.0 Å².